The molecule has 4 nitrogen and oxygen atoms in total. The van der Waals surface area contributed by atoms with Crippen molar-refractivity contribution in [1.29, 1.82) is 0 Å². The van der Waals surface area contributed by atoms with E-state index in [-0.39, 0.29) is 15.5 Å². The molecular formula is C17H20O4S. The maximum atomic E-state index is 12.6. The molecule has 22 heavy (non-hydrogen) atoms. The monoisotopic (exact) mass is 320 g/mol. The summed E-state index contributed by atoms with van der Waals surface area (Å²) in [5, 5.41) is 9.85. The first-order valence-electron chi connectivity index (χ1n) is 7.20. The van der Waals surface area contributed by atoms with Gasteiger partial charge in [-0.2, -0.15) is 0 Å². The van der Waals surface area contributed by atoms with E-state index in [0.717, 1.165) is 12.8 Å². The van der Waals surface area contributed by atoms with Gasteiger partial charge in [0.2, 0.25) is 9.84 Å². The lowest BCUT2D eigenvalue weighted by molar-refractivity contribution is 0.414. The van der Waals surface area contributed by atoms with Gasteiger partial charge in [0.05, 0.1) is 16.9 Å². The van der Waals surface area contributed by atoms with E-state index in [1.165, 1.54) is 31.4 Å². The van der Waals surface area contributed by atoms with E-state index in [1.807, 2.05) is 0 Å². The van der Waals surface area contributed by atoms with Gasteiger partial charge < -0.3 is 9.84 Å². The summed E-state index contributed by atoms with van der Waals surface area (Å²) in [7, 11) is -2.06. The van der Waals surface area contributed by atoms with Crippen LogP contribution in [0, 0.1) is 0 Å². The predicted octanol–water partition coefficient (Wildman–Crippen LogP) is 3.58. The molecule has 0 fully saturated rings. The molecule has 0 spiro atoms. The van der Waals surface area contributed by atoms with Crippen molar-refractivity contribution >= 4 is 9.84 Å². The van der Waals surface area contributed by atoms with Gasteiger partial charge in [0.25, 0.3) is 0 Å². The van der Waals surface area contributed by atoms with E-state index in [0.29, 0.717) is 17.7 Å². The molecule has 0 saturated heterocycles. The minimum absolute atomic E-state index is 0.141. The number of phenols is 1. The number of hydrogen-bond acceptors (Lipinski definition) is 4. The Hall–Kier alpha value is -2.01. The Balaban J connectivity index is 2.39. The summed E-state index contributed by atoms with van der Waals surface area (Å²) >= 11 is 0. The SMILES string of the molecule is CCCCc1cc(S(=O)(=O)c2ccc(OC)cc2)ccc1O. The van der Waals surface area contributed by atoms with Crippen molar-refractivity contribution < 1.29 is 18.3 Å². The molecule has 0 aliphatic rings. The number of unbranched alkanes of at least 4 members (excludes halogenated alkanes) is 1. The molecule has 0 amide bonds. The normalized spacial score (nSPS) is 11.4. The Morgan fingerprint density at radius 3 is 2.27 bits per heavy atom. The van der Waals surface area contributed by atoms with Crippen molar-refractivity contribution in [2.24, 2.45) is 0 Å². The minimum atomic E-state index is -3.59. The number of sulfone groups is 1. The molecule has 2 aromatic carbocycles. The topological polar surface area (TPSA) is 63.6 Å². The molecule has 0 aliphatic heterocycles. The standard InChI is InChI=1S/C17H20O4S/c1-3-4-5-13-12-16(10-11-17(13)18)22(19,20)15-8-6-14(21-2)7-9-15/h6-12,18H,3-5H2,1-2H3. The van der Waals surface area contributed by atoms with Crippen LogP contribution in [-0.4, -0.2) is 20.6 Å². The van der Waals surface area contributed by atoms with Gasteiger partial charge in [-0.25, -0.2) is 8.42 Å². The summed E-state index contributed by atoms with van der Waals surface area (Å²) in [5.41, 5.74) is 0.663. The third kappa shape index (κ3) is 3.42. The number of aryl methyl sites for hydroxylation is 1. The van der Waals surface area contributed by atoms with Crippen LogP contribution in [0.3, 0.4) is 0 Å². The Labute approximate surface area is 131 Å². The Kier molecular flexibility index (Phi) is 5.08. The van der Waals surface area contributed by atoms with Crippen molar-refractivity contribution in [1.82, 2.24) is 0 Å². The number of benzene rings is 2. The smallest absolute Gasteiger partial charge is 0.206 e. The van der Waals surface area contributed by atoms with Gasteiger partial charge in [-0.05, 0) is 60.9 Å². The molecule has 0 heterocycles. The van der Waals surface area contributed by atoms with E-state index in [9.17, 15) is 13.5 Å². The second kappa shape index (κ2) is 6.83. The number of hydrogen-bond donors (Lipinski definition) is 1. The number of phenolic OH excluding ortho intramolecular Hbond substituents is 1. The van der Waals surface area contributed by atoms with Crippen LogP contribution in [0.5, 0.6) is 11.5 Å². The van der Waals surface area contributed by atoms with E-state index < -0.39 is 9.84 Å². The van der Waals surface area contributed by atoms with Crippen molar-refractivity contribution in [3.8, 4) is 11.5 Å². The zero-order valence-corrected chi connectivity index (χ0v) is 13.6. The number of methoxy groups -OCH3 is 1. The molecule has 0 aromatic heterocycles. The van der Waals surface area contributed by atoms with Gasteiger partial charge in [-0.1, -0.05) is 13.3 Å². The third-order valence-corrected chi connectivity index (χ3v) is 5.30. The maximum Gasteiger partial charge on any atom is 0.206 e. The van der Waals surface area contributed by atoms with Crippen LogP contribution in [0.2, 0.25) is 0 Å². The van der Waals surface area contributed by atoms with Gasteiger partial charge >= 0.3 is 0 Å². The first-order chi connectivity index (χ1) is 10.5. The molecule has 0 unspecified atom stereocenters. The van der Waals surface area contributed by atoms with Crippen molar-refractivity contribution in [3.63, 3.8) is 0 Å². The van der Waals surface area contributed by atoms with Crippen LogP contribution >= 0.6 is 0 Å². The summed E-state index contributed by atoms with van der Waals surface area (Å²) in [6, 6.07) is 10.7. The molecular weight excluding hydrogens is 300 g/mol. The molecule has 5 heteroatoms. The molecule has 1 N–H and O–H groups in total. The summed E-state index contributed by atoms with van der Waals surface area (Å²) in [4.78, 5) is 0.405. The highest BCUT2D eigenvalue weighted by Gasteiger charge is 2.19. The van der Waals surface area contributed by atoms with Gasteiger partial charge in [-0.3, -0.25) is 0 Å². The molecule has 0 saturated carbocycles. The predicted molar refractivity (Wildman–Crippen MR) is 85.2 cm³/mol. The van der Waals surface area contributed by atoms with Gasteiger partial charge in [-0.15, -0.1) is 0 Å². The average Bonchev–Trinajstić information content (AvgIpc) is 2.54. The average molecular weight is 320 g/mol. The van der Waals surface area contributed by atoms with Crippen LogP contribution in [0.1, 0.15) is 25.3 Å². The lowest BCUT2D eigenvalue weighted by Crippen LogP contribution is -2.03. The highest BCUT2D eigenvalue weighted by Crippen LogP contribution is 2.28. The molecule has 2 rings (SSSR count). The van der Waals surface area contributed by atoms with Gasteiger partial charge in [0, 0.05) is 0 Å². The zero-order valence-electron chi connectivity index (χ0n) is 12.7. The first kappa shape index (κ1) is 16.4. The highest BCUT2D eigenvalue weighted by molar-refractivity contribution is 7.91. The Bertz CT molecular complexity index is 734. The fourth-order valence-corrected chi connectivity index (χ4v) is 3.50. The second-order valence-electron chi connectivity index (χ2n) is 5.07. The molecule has 0 radical (unpaired) electrons. The zero-order chi connectivity index (χ0) is 16.2. The summed E-state index contributed by atoms with van der Waals surface area (Å²) in [6.45, 7) is 2.05. The lowest BCUT2D eigenvalue weighted by atomic mass is 10.1. The van der Waals surface area contributed by atoms with Crippen molar-refractivity contribution in [2.45, 2.75) is 36.0 Å². The van der Waals surface area contributed by atoms with E-state index in [1.54, 1.807) is 18.2 Å². The molecule has 2 aromatic rings. The molecule has 0 atom stereocenters. The van der Waals surface area contributed by atoms with Crippen LogP contribution < -0.4 is 4.74 Å². The molecule has 0 bridgehead atoms. The van der Waals surface area contributed by atoms with E-state index in [2.05, 4.69) is 6.92 Å². The quantitative estimate of drug-likeness (QED) is 0.883. The molecule has 118 valence electrons. The van der Waals surface area contributed by atoms with Crippen molar-refractivity contribution in [3.05, 3.63) is 48.0 Å². The van der Waals surface area contributed by atoms with Crippen LogP contribution in [-0.2, 0) is 16.3 Å². The van der Waals surface area contributed by atoms with Gasteiger partial charge in [0.15, 0.2) is 0 Å². The van der Waals surface area contributed by atoms with E-state index in [4.69, 9.17) is 4.74 Å². The highest BCUT2D eigenvalue weighted by atomic mass is 32.2. The fraction of sp³-hybridized carbons (Fsp3) is 0.294. The largest absolute Gasteiger partial charge is 0.508 e. The Morgan fingerprint density at radius 1 is 1.05 bits per heavy atom. The van der Waals surface area contributed by atoms with Crippen LogP contribution in [0.25, 0.3) is 0 Å². The summed E-state index contributed by atoms with van der Waals surface area (Å²) < 4.78 is 30.3. The first-order valence-corrected chi connectivity index (χ1v) is 8.68. The van der Waals surface area contributed by atoms with E-state index >= 15 is 0 Å². The minimum Gasteiger partial charge on any atom is -0.508 e. The number of ether oxygens (including phenoxy) is 1. The number of aromatic hydroxyl groups is 1. The van der Waals surface area contributed by atoms with Crippen LogP contribution in [0.15, 0.2) is 52.3 Å². The molecule has 0 aliphatic carbocycles. The second-order valence-corrected chi connectivity index (χ2v) is 7.02. The third-order valence-electron chi connectivity index (χ3n) is 3.53. The Morgan fingerprint density at radius 2 is 1.68 bits per heavy atom. The number of rotatable bonds is 6. The van der Waals surface area contributed by atoms with Crippen molar-refractivity contribution in [2.75, 3.05) is 7.11 Å². The maximum absolute atomic E-state index is 12.6. The lowest BCUT2D eigenvalue weighted by Gasteiger charge is -2.09. The fourth-order valence-electron chi connectivity index (χ4n) is 2.19. The summed E-state index contributed by atoms with van der Waals surface area (Å²) in [6.07, 6.45) is 2.54. The summed E-state index contributed by atoms with van der Waals surface area (Å²) in [5.74, 6) is 0.746. The van der Waals surface area contributed by atoms with Crippen LogP contribution in [0.4, 0.5) is 0 Å². The van der Waals surface area contributed by atoms with Gasteiger partial charge in [0.1, 0.15) is 11.5 Å².